The van der Waals surface area contributed by atoms with Crippen molar-refractivity contribution >= 4 is 0 Å². The monoisotopic (exact) mass is 312 g/mol. The Morgan fingerprint density at radius 3 is 2.40 bits per heavy atom. The molecule has 0 aliphatic carbocycles. The van der Waals surface area contributed by atoms with Gasteiger partial charge < -0.3 is 0 Å². The first kappa shape index (κ1) is 7.71. The third kappa shape index (κ3) is 2.46. The van der Waals surface area contributed by atoms with Gasteiger partial charge in [-0.2, -0.15) is 0 Å². The summed E-state index contributed by atoms with van der Waals surface area (Å²) in [4.78, 5) is 4.65. The van der Waals surface area contributed by atoms with Crippen LogP contribution >= 0.6 is 0 Å². The molecular formula is C6H5O3Re. The van der Waals surface area contributed by atoms with E-state index in [1.54, 1.807) is 12.1 Å². The van der Waals surface area contributed by atoms with Crippen LogP contribution in [0.5, 0.6) is 5.75 Å². The summed E-state index contributed by atoms with van der Waals surface area (Å²) in [6.45, 7) is 0. The van der Waals surface area contributed by atoms with Crippen LogP contribution in [-0.2, 0) is 28.2 Å². The second-order valence-electron chi connectivity index (χ2n) is 1.53. The third-order valence-electron chi connectivity index (χ3n) is 0.899. The van der Waals surface area contributed by atoms with Gasteiger partial charge in [-0.1, -0.05) is 0 Å². The van der Waals surface area contributed by atoms with E-state index in [2.05, 4.69) is 13.5 Å². The molecule has 3 nitrogen and oxygen atoms in total. The Hall–Kier alpha value is -0.398. The van der Waals surface area contributed by atoms with Gasteiger partial charge >= 0.3 is 69.2 Å². The molecule has 0 heterocycles. The quantitative estimate of drug-likeness (QED) is 0.624. The Morgan fingerprint density at radius 2 is 1.80 bits per heavy atom. The van der Waals surface area contributed by atoms with Crippen molar-refractivity contribution in [3.8, 4) is 5.75 Å². The fraction of sp³-hybridized carbons (Fsp3) is 0. The summed E-state index contributed by atoms with van der Waals surface area (Å²) >= 11 is 1.03. The molecule has 1 aromatic carbocycles. The van der Waals surface area contributed by atoms with Crippen molar-refractivity contribution in [2.24, 2.45) is 0 Å². The van der Waals surface area contributed by atoms with Crippen molar-refractivity contribution < 1.29 is 33.1 Å². The standard InChI is InChI=1S/C6H6O3.Re/c7-9-8-6-4-2-1-3-5-6;/h1-5,7H;/q;+1/p-1. The molecule has 0 fully saturated rings. The maximum absolute atomic E-state index is 4.65. The molecule has 0 N–H and O–H groups in total. The van der Waals surface area contributed by atoms with Crippen LogP contribution in [0.1, 0.15) is 0 Å². The summed E-state index contributed by atoms with van der Waals surface area (Å²) < 4.78 is 4.28. The molecule has 1 rings (SSSR count). The van der Waals surface area contributed by atoms with E-state index in [4.69, 9.17) is 0 Å². The van der Waals surface area contributed by atoms with Crippen molar-refractivity contribution in [3.63, 3.8) is 0 Å². The summed E-state index contributed by atoms with van der Waals surface area (Å²) in [7, 11) is 0. The predicted molar refractivity (Wildman–Crippen MR) is 29.2 cm³/mol. The molecule has 0 amide bonds. The van der Waals surface area contributed by atoms with Crippen LogP contribution in [0.3, 0.4) is 0 Å². The van der Waals surface area contributed by atoms with E-state index in [0.29, 0.717) is 5.75 Å². The second-order valence-corrected chi connectivity index (χ2v) is 1.98. The van der Waals surface area contributed by atoms with Gasteiger partial charge in [0.05, 0.1) is 0 Å². The Balaban J connectivity index is 2.43. The minimum absolute atomic E-state index is 0.624. The third-order valence-corrected chi connectivity index (χ3v) is 1.08. The molecule has 54 valence electrons. The van der Waals surface area contributed by atoms with E-state index in [1.165, 1.54) is 0 Å². The van der Waals surface area contributed by atoms with E-state index in [-0.39, 0.29) is 0 Å². The van der Waals surface area contributed by atoms with Crippen molar-refractivity contribution in [1.29, 1.82) is 0 Å². The molecular weight excluding hydrogens is 306 g/mol. The van der Waals surface area contributed by atoms with Crippen LogP contribution in [0.15, 0.2) is 30.3 Å². The molecule has 4 heteroatoms. The average molecular weight is 311 g/mol. The average Bonchev–Trinajstić information content (AvgIpc) is 2.03. The summed E-state index contributed by atoms with van der Waals surface area (Å²) in [5, 5.41) is 4.24. The number of rotatable bonds is 3. The first-order valence-corrected chi connectivity index (χ1v) is 3.71. The van der Waals surface area contributed by atoms with E-state index >= 15 is 0 Å². The van der Waals surface area contributed by atoms with Gasteiger partial charge in [-0.25, -0.2) is 0 Å². The predicted octanol–water partition coefficient (Wildman–Crippen LogP) is 1.39. The molecule has 0 aliphatic rings. The van der Waals surface area contributed by atoms with E-state index < -0.39 is 0 Å². The molecule has 0 unspecified atom stereocenters. The van der Waals surface area contributed by atoms with E-state index in [1.807, 2.05) is 18.2 Å². The first-order valence-electron chi connectivity index (χ1n) is 2.60. The number of hydrogen-bond acceptors (Lipinski definition) is 3. The van der Waals surface area contributed by atoms with Crippen molar-refractivity contribution in [1.82, 2.24) is 0 Å². The van der Waals surface area contributed by atoms with Crippen molar-refractivity contribution in [2.75, 3.05) is 0 Å². The second kappa shape index (κ2) is 4.42. The Kier molecular flexibility index (Phi) is 3.41. The normalized spacial score (nSPS) is 9.30. The van der Waals surface area contributed by atoms with Gasteiger partial charge in [-0.05, 0) is 0 Å². The molecule has 0 radical (unpaired) electrons. The number of para-hydroxylation sites is 1. The summed E-state index contributed by atoms with van der Waals surface area (Å²) in [5.74, 6) is 0.624. The summed E-state index contributed by atoms with van der Waals surface area (Å²) in [6, 6.07) is 9.12. The van der Waals surface area contributed by atoms with Crippen LogP contribution in [0.2, 0.25) is 0 Å². The van der Waals surface area contributed by atoms with Crippen molar-refractivity contribution in [2.45, 2.75) is 0 Å². The molecule has 0 spiro atoms. The molecule has 0 saturated heterocycles. The molecule has 1 aromatic rings. The topological polar surface area (TPSA) is 27.7 Å². The molecule has 0 aliphatic heterocycles. The van der Waals surface area contributed by atoms with Gasteiger partial charge in [-0.3, -0.25) is 0 Å². The van der Waals surface area contributed by atoms with Crippen LogP contribution in [0, 0.1) is 0 Å². The van der Waals surface area contributed by atoms with Gasteiger partial charge in [0.25, 0.3) is 0 Å². The Morgan fingerprint density at radius 1 is 1.10 bits per heavy atom. The summed E-state index contributed by atoms with van der Waals surface area (Å²) in [6.07, 6.45) is 0. The van der Waals surface area contributed by atoms with E-state index in [0.717, 1.165) is 19.6 Å². The van der Waals surface area contributed by atoms with Crippen LogP contribution in [-0.4, -0.2) is 0 Å². The summed E-state index contributed by atoms with van der Waals surface area (Å²) in [5.41, 5.74) is 0. The molecule has 0 bridgehead atoms. The Bertz CT molecular complexity index is 178. The zero-order valence-corrected chi connectivity index (χ0v) is 7.71. The van der Waals surface area contributed by atoms with Gasteiger partial charge in [0.15, 0.2) is 0 Å². The van der Waals surface area contributed by atoms with Crippen LogP contribution < -0.4 is 4.89 Å². The zero-order valence-electron chi connectivity index (χ0n) is 4.99. The van der Waals surface area contributed by atoms with Gasteiger partial charge in [0.1, 0.15) is 0 Å². The molecule has 10 heavy (non-hydrogen) atoms. The van der Waals surface area contributed by atoms with Crippen LogP contribution in [0.25, 0.3) is 0 Å². The molecule has 0 saturated carbocycles. The van der Waals surface area contributed by atoms with Crippen molar-refractivity contribution in [3.05, 3.63) is 30.3 Å². The fourth-order valence-corrected chi connectivity index (χ4v) is 0.621. The number of hydrogen-bond donors (Lipinski definition) is 0. The first-order chi connectivity index (χ1) is 4.93. The molecule has 0 aromatic heterocycles. The molecule has 0 atom stereocenters. The zero-order chi connectivity index (χ0) is 7.23. The van der Waals surface area contributed by atoms with Crippen LogP contribution in [0.4, 0.5) is 0 Å². The van der Waals surface area contributed by atoms with E-state index in [9.17, 15) is 0 Å². The fourth-order valence-electron chi connectivity index (χ4n) is 0.528. The SMILES string of the molecule is [Re][O]OOc1ccccc1. The van der Waals surface area contributed by atoms with Gasteiger partial charge in [0.2, 0.25) is 0 Å². The number of benzene rings is 1. The van der Waals surface area contributed by atoms with Gasteiger partial charge in [0, 0.05) is 0 Å². The Labute approximate surface area is 69.6 Å². The maximum atomic E-state index is 4.65. The minimum atomic E-state index is 0.624. The van der Waals surface area contributed by atoms with Gasteiger partial charge in [-0.15, -0.1) is 0 Å².